The molecule has 0 radical (unpaired) electrons. The molecule has 0 fully saturated rings. The van der Waals surface area contributed by atoms with E-state index in [1.807, 2.05) is 6.20 Å². The number of nitrogens with one attached hydrogen (secondary N) is 3. The van der Waals surface area contributed by atoms with E-state index in [0.29, 0.717) is 5.56 Å². The predicted octanol–water partition coefficient (Wildman–Crippen LogP) is 4.42. The molecule has 4 rings (SSSR count). The average Bonchev–Trinajstić information content (AvgIpc) is 3.44. The highest BCUT2D eigenvalue weighted by Gasteiger charge is 2.39. The van der Waals surface area contributed by atoms with Crippen LogP contribution >= 0.6 is 11.3 Å². The number of fused-ring (bicyclic) bond motifs is 1. The van der Waals surface area contributed by atoms with E-state index in [-0.39, 0.29) is 24.3 Å². The summed E-state index contributed by atoms with van der Waals surface area (Å²) in [6, 6.07) is 4.81. The monoisotopic (exact) mass is 530 g/mol. The third-order valence-electron chi connectivity index (χ3n) is 6.83. The number of hydrogen-bond donors (Lipinski definition) is 4. The van der Waals surface area contributed by atoms with Crippen LogP contribution in [-0.2, 0) is 36.0 Å². The molecular weight excluding hydrogens is 494 g/mol. The van der Waals surface area contributed by atoms with Gasteiger partial charge in [0.05, 0.1) is 23.4 Å². The van der Waals surface area contributed by atoms with Crippen molar-refractivity contribution >= 4 is 17.2 Å². The lowest BCUT2D eigenvalue weighted by atomic mass is 9.78. The number of rotatable bonds is 9. The van der Waals surface area contributed by atoms with Gasteiger partial charge >= 0.3 is 0 Å². The van der Waals surface area contributed by atoms with Gasteiger partial charge in [-0.15, -0.1) is 11.3 Å². The van der Waals surface area contributed by atoms with Gasteiger partial charge < -0.3 is 15.7 Å². The van der Waals surface area contributed by atoms with Gasteiger partial charge in [-0.25, -0.2) is 8.78 Å². The molecule has 200 valence electrons. The number of aliphatic hydroxyl groups is 1. The van der Waals surface area contributed by atoms with E-state index in [2.05, 4.69) is 53.0 Å². The van der Waals surface area contributed by atoms with Crippen molar-refractivity contribution in [2.75, 3.05) is 6.54 Å². The molecule has 0 spiro atoms. The van der Waals surface area contributed by atoms with Crippen LogP contribution in [0.5, 0.6) is 0 Å². The molecule has 2 aromatic heterocycles. The highest BCUT2D eigenvalue weighted by Crippen LogP contribution is 2.40. The van der Waals surface area contributed by atoms with Crippen LogP contribution in [0.3, 0.4) is 0 Å². The van der Waals surface area contributed by atoms with Crippen LogP contribution in [0, 0.1) is 17.0 Å². The van der Waals surface area contributed by atoms with Crippen molar-refractivity contribution in [3.63, 3.8) is 0 Å². The summed E-state index contributed by atoms with van der Waals surface area (Å²) in [6.07, 6.45) is 4.36. The molecule has 3 atom stereocenters. The number of nitrogens with zero attached hydrogens (tertiary/aromatic N) is 1. The van der Waals surface area contributed by atoms with Crippen molar-refractivity contribution in [2.45, 2.75) is 77.5 Å². The van der Waals surface area contributed by atoms with Gasteiger partial charge in [-0.1, -0.05) is 20.8 Å². The average molecular weight is 531 g/mol. The first-order valence-corrected chi connectivity index (χ1v) is 13.5. The van der Waals surface area contributed by atoms with E-state index in [1.165, 1.54) is 29.5 Å². The molecule has 4 N–H and O–H groups in total. The molecule has 0 saturated carbocycles. The fourth-order valence-electron chi connectivity index (χ4n) is 5.21. The molecule has 1 amide bonds. The van der Waals surface area contributed by atoms with Crippen molar-refractivity contribution in [2.24, 2.45) is 5.41 Å². The number of thiophene rings is 1. The molecule has 37 heavy (non-hydrogen) atoms. The molecule has 2 heterocycles. The van der Waals surface area contributed by atoms with E-state index >= 15 is 0 Å². The van der Waals surface area contributed by atoms with Gasteiger partial charge in [0, 0.05) is 30.6 Å². The topological polar surface area (TPSA) is 90.0 Å². The number of carbonyl (C=O) groups excluding carboxylic acids is 1. The number of halogens is 2. The maximum Gasteiger partial charge on any atom is 0.217 e. The van der Waals surface area contributed by atoms with Crippen LogP contribution in [0.1, 0.15) is 61.4 Å². The summed E-state index contributed by atoms with van der Waals surface area (Å²) in [5.41, 5.74) is 3.64. The van der Waals surface area contributed by atoms with Crippen molar-refractivity contribution in [1.29, 1.82) is 0 Å². The highest BCUT2D eigenvalue weighted by atomic mass is 32.1. The second-order valence-corrected chi connectivity index (χ2v) is 12.3. The molecule has 0 bridgehead atoms. The smallest absolute Gasteiger partial charge is 0.217 e. The lowest BCUT2D eigenvalue weighted by Gasteiger charge is -2.39. The Hall–Kier alpha value is -2.62. The molecule has 3 aromatic rings. The van der Waals surface area contributed by atoms with Crippen molar-refractivity contribution in [3.8, 4) is 0 Å². The zero-order valence-electron chi connectivity index (χ0n) is 21.8. The number of aryl methyl sites for hydroxylation is 1. The largest absolute Gasteiger partial charge is 0.390 e. The summed E-state index contributed by atoms with van der Waals surface area (Å²) in [4.78, 5) is 13.1. The molecule has 1 aliphatic carbocycles. The van der Waals surface area contributed by atoms with Crippen LogP contribution < -0.4 is 10.6 Å². The Morgan fingerprint density at radius 2 is 1.95 bits per heavy atom. The molecule has 3 unspecified atom stereocenters. The summed E-state index contributed by atoms with van der Waals surface area (Å²) >= 11 is 1.72. The number of aromatic amines is 1. The number of aromatic nitrogens is 2. The number of hydrogen-bond acceptors (Lipinski definition) is 5. The fourth-order valence-corrected chi connectivity index (χ4v) is 6.33. The van der Waals surface area contributed by atoms with Crippen LogP contribution in [0.4, 0.5) is 8.78 Å². The first-order valence-electron chi connectivity index (χ1n) is 12.7. The molecule has 9 heteroatoms. The maximum atomic E-state index is 13.8. The molecule has 1 aromatic carbocycles. The lowest BCUT2D eigenvalue weighted by molar-refractivity contribution is -0.120. The van der Waals surface area contributed by atoms with Crippen molar-refractivity contribution in [3.05, 3.63) is 74.7 Å². The minimum absolute atomic E-state index is 0.102. The van der Waals surface area contributed by atoms with E-state index < -0.39 is 29.3 Å². The van der Waals surface area contributed by atoms with Crippen LogP contribution in [0.2, 0.25) is 0 Å². The summed E-state index contributed by atoms with van der Waals surface area (Å²) in [5.74, 6) is -1.70. The number of H-pyrrole nitrogens is 1. The minimum atomic E-state index is -0.980. The summed E-state index contributed by atoms with van der Waals surface area (Å²) < 4.78 is 27.5. The third kappa shape index (κ3) is 7.03. The molecule has 0 saturated heterocycles. The van der Waals surface area contributed by atoms with Crippen LogP contribution in [-0.4, -0.2) is 39.9 Å². The highest BCUT2D eigenvalue weighted by molar-refractivity contribution is 7.10. The Morgan fingerprint density at radius 1 is 1.22 bits per heavy atom. The Morgan fingerprint density at radius 3 is 2.62 bits per heavy atom. The standard InChI is InChI=1S/C28H36F2N4O2S/c1-17(35)33-24(9-18-7-21(29)11-22(30)8-18)25(36)15-31-28(6-5-23-20(13-28)14-32-34-23)26-10-19(16-37-26)12-27(2,3)4/h7-8,10-11,14,16,24-25,31,36H,5-6,9,12-13,15H2,1-4H3,(H,32,34)(H,33,35). The second kappa shape index (κ2) is 11.0. The predicted molar refractivity (Wildman–Crippen MR) is 141 cm³/mol. The maximum absolute atomic E-state index is 13.8. The third-order valence-corrected chi connectivity index (χ3v) is 8.01. The zero-order valence-corrected chi connectivity index (χ0v) is 22.6. The Labute approximate surface area is 220 Å². The van der Waals surface area contributed by atoms with Gasteiger partial charge in [0.1, 0.15) is 11.6 Å². The Bertz CT molecular complexity index is 1210. The van der Waals surface area contributed by atoms with E-state index in [9.17, 15) is 18.7 Å². The quantitative estimate of drug-likeness (QED) is 0.330. The number of carbonyl (C=O) groups is 1. The van der Waals surface area contributed by atoms with Gasteiger partial charge in [-0.2, -0.15) is 5.10 Å². The van der Waals surface area contributed by atoms with Gasteiger partial charge in [0.25, 0.3) is 0 Å². The van der Waals surface area contributed by atoms with E-state index in [4.69, 9.17) is 0 Å². The summed E-state index contributed by atoms with van der Waals surface area (Å²) in [7, 11) is 0. The number of aliphatic hydroxyl groups excluding tert-OH is 1. The number of benzene rings is 1. The number of amides is 1. The van der Waals surface area contributed by atoms with E-state index in [1.54, 1.807) is 11.3 Å². The fraction of sp³-hybridized carbons (Fsp3) is 0.500. The van der Waals surface area contributed by atoms with Gasteiger partial charge in [-0.3, -0.25) is 9.89 Å². The SMILES string of the molecule is CC(=O)NC(Cc1cc(F)cc(F)c1)C(O)CNC1(c2cc(CC(C)(C)C)cs2)CCc2n[nH]cc2C1. The van der Waals surface area contributed by atoms with E-state index in [0.717, 1.165) is 43.0 Å². The molecular formula is C28H36F2N4O2S. The first-order chi connectivity index (χ1) is 17.4. The molecule has 6 nitrogen and oxygen atoms in total. The van der Waals surface area contributed by atoms with Crippen LogP contribution in [0.15, 0.2) is 35.8 Å². The van der Waals surface area contributed by atoms with Crippen molar-refractivity contribution in [1.82, 2.24) is 20.8 Å². The second-order valence-electron chi connectivity index (χ2n) is 11.4. The normalized spacial score (nSPS) is 19.3. The van der Waals surface area contributed by atoms with Crippen molar-refractivity contribution < 1.29 is 18.7 Å². The Kier molecular flexibility index (Phi) is 8.16. The Balaban J connectivity index is 1.56. The van der Waals surface area contributed by atoms with Gasteiger partial charge in [-0.05, 0) is 77.8 Å². The molecule has 0 aliphatic heterocycles. The first kappa shape index (κ1) is 27.4. The summed E-state index contributed by atoms with van der Waals surface area (Å²) in [6.45, 7) is 8.23. The minimum Gasteiger partial charge on any atom is -0.390 e. The lowest BCUT2D eigenvalue weighted by Crippen LogP contribution is -2.54. The van der Waals surface area contributed by atoms with Crippen LogP contribution in [0.25, 0.3) is 0 Å². The summed E-state index contributed by atoms with van der Waals surface area (Å²) in [5, 5.41) is 27.2. The zero-order chi connectivity index (χ0) is 26.8. The molecule has 1 aliphatic rings. The van der Waals surface area contributed by atoms with Gasteiger partial charge in [0.15, 0.2) is 0 Å². The van der Waals surface area contributed by atoms with Gasteiger partial charge in [0.2, 0.25) is 5.91 Å².